The van der Waals surface area contributed by atoms with E-state index in [1.165, 1.54) is 17.4 Å². The van der Waals surface area contributed by atoms with Crippen LogP contribution in [0.3, 0.4) is 0 Å². The Morgan fingerprint density at radius 2 is 1.97 bits per heavy atom. The lowest BCUT2D eigenvalue weighted by Crippen LogP contribution is -2.09. The van der Waals surface area contributed by atoms with Crippen molar-refractivity contribution in [2.75, 3.05) is 5.32 Å². The number of halogens is 2. The lowest BCUT2D eigenvalue weighted by molar-refractivity contribution is -0.111. The zero-order valence-corrected chi connectivity index (χ0v) is 17.8. The summed E-state index contributed by atoms with van der Waals surface area (Å²) in [4.78, 5) is 13.0. The van der Waals surface area contributed by atoms with Crippen molar-refractivity contribution in [1.82, 2.24) is 19.8 Å². The van der Waals surface area contributed by atoms with Crippen LogP contribution in [0.4, 0.5) is 5.69 Å². The average Bonchev–Trinajstić information content (AvgIpc) is 3.25. The summed E-state index contributed by atoms with van der Waals surface area (Å²) >= 11 is 13.5. The van der Waals surface area contributed by atoms with Crippen molar-refractivity contribution < 1.29 is 4.79 Å². The van der Waals surface area contributed by atoms with E-state index in [2.05, 4.69) is 20.6 Å². The number of aryl methyl sites for hydroxylation is 2. The molecule has 0 saturated heterocycles. The summed E-state index contributed by atoms with van der Waals surface area (Å²) in [6, 6.07) is 10.9. The van der Waals surface area contributed by atoms with Crippen molar-refractivity contribution in [1.29, 1.82) is 0 Å². The predicted molar refractivity (Wildman–Crippen MR) is 118 cm³/mol. The molecule has 0 radical (unpaired) electrons. The van der Waals surface area contributed by atoms with Gasteiger partial charge >= 0.3 is 0 Å². The molecule has 0 unspecified atom stereocenters. The molecule has 4 rings (SSSR count). The molecule has 2 heterocycles. The first-order chi connectivity index (χ1) is 13.9. The van der Waals surface area contributed by atoms with E-state index in [0.29, 0.717) is 10.0 Å². The van der Waals surface area contributed by atoms with E-state index in [1.54, 1.807) is 28.8 Å². The second kappa shape index (κ2) is 7.94. The molecule has 1 amide bonds. The highest BCUT2D eigenvalue weighted by molar-refractivity contribution is 7.19. The van der Waals surface area contributed by atoms with Crippen LogP contribution in [0.2, 0.25) is 10.0 Å². The minimum atomic E-state index is -0.249. The highest BCUT2D eigenvalue weighted by Crippen LogP contribution is 2.29. The maximum Gasteiger partial charge on any atom is 0.248 e. The first kappa shape index (κ1) is 19.6. The number of carbonyl (C=O) groups excluding carboxylic acids is 1. The summed E-state index contributed by atoms with van der Waals surface area (Å²) in [6.45, 7) is 3.79. The van der Waals surface area contributed by atoms with Gasteiger partial charge in [0.25, 0.3) is 0 Å². The quantitative estimate of drug-likeness (QED) is 0.426. The van der Waals surface area contributed by atoms with Crippen molar-refractivity contribution in [3.8, 4) is 10.6 Å². The van der Waals surface area contributed by atoms with Crippen LogP contribution in [0.5, 0.6) is 0 Å². The van der Waals surface area contributed by atoms with Gasteiger partial charge < -0.3 is 5.32 Å². The fraction of sp³-hybridized carbons (Fsp3) is 0.100. The number of hydrogen-bond donors (Lipinski definition) is 1. The number of rotatable bonds is 4. The van der Waals surface area contributed by atoms with Gasteiger partial charge in [0.15, 0.2) is 5.82 Å². The summed E-state index contributed by atoms with van der Waals surface area (Å²) < 4.78 is 1.72. The number of nitrogens with zero attached hydrogens (tertiary/aromatic N) is 4. The van der Waals surface area contributed by atoms with Crippen molar-refractivity contribution in [3.63, 3.8) is 0 Å². The lowest BCUT2D eigenvalue weighted by atomic mass is 10.1. The zero-order valence-electron chi connectivity index (χ0n) is 15.5. The number of carbonyl (C=O) groups is 1. The van der Waals surface area contributed by atoms with Gasteiger partial charge in [0, 0.05) is 27.4 Å². The molecule has 0 aliphatic heterocycles. The van der Waals surface area contributed by atoms with E-state index < -0.39 is 0 Å². The fourth-order valence-electron chi connectivity index (χ4n) is 2.74. The molecule has 0 atom stereocenters. The minimum absolute atomic E-state index is 0.249. The Morgan fingerprint density at radius 3 is 2.69 bits per heavy atom. The Bertz CT molecular complexity index is 1260. The van der Waals surface area contributed by atoms with Crippen molar-refractivity contribution >= 4 is 57.2 Å². The van der Waals surface area contributed by atoms with Gasteiger partial charge in [-0.25, -0.2) is 0 Å². The molecule has 0 aliphatic carbocycles. The Balaban J connectivity index is 1.50. The number of aromatic nitrogens is 4. The highest BCUT2D eigenvalue weighted by Gasteiger charge is 2.12. The molecule has 6 nitrogen and oxygen atoms in total. The molecule has 9 heteroatoms. The van der Waals surface area contributed by atoms with Crippen LogP contribution >= 0.6 is 34.5 Å². The molecular weight excluding hydrogens is 429 g/mol. The molecular formula is C20H15Cl2N5OS. The molecule has 0 saturated carbocycles. The Hall–Kier alpha value is -2.74. The van der Waals surface area contributed by atoms with Gasteiger partial charge in [-0.3, -0.25) is 4.79 Å². The molecule has 0 aliphatic rings. The highest BCUT2D eigenvalue weighted by atomic mass is 35.5. The number of benzene rings is 2. The van der Waals surface area contributed by atoms with E-state index in [-0.39, 0.29) is 5.91 Å². The van der Waals surface area contributed by atoms with Crippen LogP contribution in [-0.2, 0) is 4.79 Å². The van der Waals surface area contributed by atoms with E-state index in [4.69, 9.17) is 23.2 Å². The average molecular weight is 444 g/mol. The standard InChI is InChI=1S/C20H15Cl2N5OS/c1-11-9-14(19-26-27-12(2)24-25-20(27)29-19)4-7-17(11)23-18(28)8-5-13-3-6-15(21)10-16(13)22/h3-10H,1-2H3,(H,23,28). The first-order valence-electron chi connectivity index (χ1n) is 8.65. The van der Waals surface area contributed by atoms with Gasteiger partial charge in [0.05, 0.1) is 0 Å². The lowest BCUT2D eigenvalue weighted by Gasteiger charge is -2.08. The molecule has 2 aromatic carbocycles. The second-order valence-corrected chi connectivity index (χ2v) is 8.17. The summed E-state index contributed by atoms with van der Waals surface area (Å²) in [5.41, 5.74) is 3.33. The van der Waals surface area contributed by atoms with Gasteiger partial charge in [-0.05, 0) is 61.4 Å². The van der Waals surface area contributed by atoms with Crippen LogP contribution in [0.25, 0.3) is 21.6 Å². The van der Waals surface area contributed by atoms with E-state index in [0.717, 1.165) is 38.2 Å². The zero-order chi connectivity index (χ0) is 20.5. The number of hydrogen-bond acceptors (Lipinski definition) is 5. The smallest absolute Gasteiger partial charge is 0.248 e. The van der Waals surface area contributed by atoms with Gasteiger partial charge in [0.2, 0.25) is 10.9 Å². The summed E-state index contributed by atoms with van der Waals surface area (Å²) in [5, 5.41) is 17.4. The molecule has 0 fully saturated rings. The Kier molecular flexibility index (Phi) is 5.36. The number of fused-ring (bicyclic) bond motifs is 1. The Labute approximate surface area is 180 Å². The molecule has 146 valence electrons. The maximum absolute atomic E-state index is 12.3. The summed E-state index contributed by atoms with van der Waals surface area (Å²) in [5.74, 6) is 0.497. The van der Waals surface area contributed by atoms with Crippen molar-refractivity contribution in [2.45, 2.75) is 13.8 Å². The second-order valence-electron chi connectivity index (χ2n) is 6.37. The third kappa shape index (κ3) is 4.17. The molecule has 2 aromatic heterocycles. The monoisotopic (exact) mass is 443 g/mol. The fourth-order valence-corrected chi connectivity index (χ4v) is 4.10. The molecule has 1 N–H and O–H groups in total. The third-order valence-electron chi connectivity index (χ3n) is 4.25. The number of amides is 1. The van der Waals surface area contributed by atoms with E-state index >= 15 is 0 Å². The van der Waals surface area contributed by atoms with Gasteiger partial charge in [-0.1, -0.05) is 40.6 Å². The number of nitrogens with one attached hydrogen (secondary N) is 1. The predicted octanol–water partition coefficient (Wildman–Crippen LogP) is 5.43. The largest absolute Gasteiger partial charge is 0.322 e. The summed E-state index contributed by atoms with van der Waals surface area (Å²) in [7, 11) is 0. The molecule has 0 spiro atoms. The van der Waals surface area contributed by atoms with Crippen molar-refractivity contribution in [2.24, 2.45) is 0 Å². The summed E-state index contributed by atoms with van der Waals surface area (Å²) in [6.07, 6.45) is 3.09. The van der Waals surface area contributed by atoms with Crippen LogP contribution in [0, 0.1) is 13.8 Å². The SMILES string of the molecule is Cc1cc(-c2nn3c(C)nnc3s2)ccc1NC(=O)C=Cc1ccc(Cl)cc1Cl. The molecule has 29 heavy (non-hydrogen) atoms. The molecule has 0 bridgehead atoms. The van der Waals surface area contributed by atoms with Crippen LogP contribution in [-0.4, -0.2) is 25.7 Å². The van der Waals surface area contributed by atoms with Gasteiger partial charge in [0.1, 0.15) is 5.01 Å². The third-order valence-corrected chi connectivity index (χ3v) is 5.77. The van der Waals surface area contributed by atoms with Crippen LogP contribution < -0.4 is 5.32 Å². The minimum Gasteiger partial charge on any atom is -0.322 e. The van der Waals surface area contributed by atoms with E-state index in [1.807, 2.05) is 32.0 Å². The molecule has 4 aromatic rings. The van der Waals surface area contributed by atoms with Crippen molar-refractivity contribution in [3.05, 3.63) is 69.5 Å². The van der Waals surface area contributed by atoms with Crippen LogP contribution in [0.1, 0.15) is 17.0 Å². The number of anilines is 1. The Morgan fingerprint density at radius 1 is 1.14 bits per heavy atom. The van der Waals surface area contributed by atoms with E-state index in [9.17, 15) is 4.79 Å². The first-order valence-corrected chi connectivity index (χ1v) is 10.2. The maximum atomic E-state index is 12.3. The van der Waals surface area contributed by atoms with Gasteiger partial charge in [-0.2, -0.15) is 9.61 Å². The topological polar surface area (TPSA) is 72.2 Å². The normalized spacial score (nSPS) is 11.4. The van der Waals surface area contributed by atoms with Gasteiger partial charge in [-0.15, -0.1) is 10.2 Å². The van der Waals surface area contributed by atoms with Crippen LogP contribution in [0.15, 0.2) is 42.5 Å².